The highest BCUT2D eigenvalue weighted by Gasteiger charge is 2.13. The first-order valence-corrected chi connectivity index (χ1v) is 6.91. The van der Waals surface area contributed by atoms with Crippen molar-refractivity contribution in [2.24, 2.45) is 5.73 Å². The van der Waals surface area contributed by atoms with Crippen molar-refractivity contribution in [3.8, 4) is 5.75 Å². The van der Waals surface area contributed by atoms with Gasteiger partial charge in [-0.05, 0) is 12.3 Å². The fourth-order valence-corrected chi connectivity index (χ4v) is 2.15. The maximum absolute atomic E-state index is 11.7. The van der Waals surface area contributed by atoms with E-state index in [4.69, 9.17) is 10.5 Å². The molecule has 0 aliphatic rings. The van der Waals surface area contributed by atoms with Gasteiger partial charge in [0.2, 0.25) is 0 Å². The lowest BCUT2D eigenvalue weighted by molar-refractivity contribution is -0.122. The van der Waals surface area contributed by atoms with Crippen LogP contribution in [-0.2, 0) is 4.79 Å². The van der Waals surface area contributed by atoms with Gasteiger partial charge in [0.1, 0.15) is 5.75 Å². The third-order valence-corrected chi connectivity index (χ3v) is 3.19. The number of benzene rings is 2. The molecule has 2 aromatic rings. The van der Waals surface area contributed by atoms with Crippen molar-refractivity contribution in [1.29, 1.82) is 0 Å². The lowest BCUT2D eigenvalue weighted by Crippen LogP contribution is -2.29. The van der Waals surface area contributed by atoms with E-state index in [0.717, 1.165) is 16.3 Å². The molecule has 0 heterocycles. The van der Waals surface area contributed by atoms with Gasteiger partial charge in [0.25, 0.3) is 5.91 Å². The molecule has 1 atom stereocenters. The summed E-state index contributed by atoms with van der Waals surface area (Å²) in [5.74, 6) is 0.496. The quantitative estimate of drug-likeness (QED) is 0.801. The Morgan fingerprint density at radius 1 is 1.38 bits per heavy atom. The first-order chi connectivity index (χ1) is 10.1. The van der Waals surface area contributed by atoms with E-state index >= 15 is 0 Å². The third-order valence-electron chi connectivity index (χ3n) is 3.19. The lowest BCUT2D eigenvalue weighted by Gasteiger charge is -2.16. The molecule has 0 unspecified atom stereocenters. The van der Waals surface area contributed by atoms with E-state index in [1.165, 1.54) is 0 Å². The molecule has 0 radical (unpaired) electrons. The summed E-state index contributed by atoms with van der Waals surface area (Å²) in [6.07, 6.45) is 1.63. The van der Waals surface area contributed by atoms with Gasteiger partial charge in [-0.25, -0.2) is 0 Å². The van der Waals surface area contributed by atoms with Crippen molar-refractivity contribution in [1.82, 2.24) is 5.32 Å². The predicted molar refractivity (Wildman–Crippen MR) is 85.3 cm³/mol. The number of nitrogens with two attached hydrogens (primary N) is 1. The summed E-state index contributed by atoms with van der Waals surface area (Å²) >= 11 is 0. The van der Waals surface area contributed by atoms with Crippen LogP contribution in [0.1, 0.15) is 18.5 Å². The molecule has 0 aromatic heterocycles. The van der Waals surface area contributed by atoms with Crippen molar-refractivity contribution < 1.29 is 9.53 Å². The van der Waals surface area contributed by atoms with Crippen molar-refractivity contribution in [3.63, 3.8) is 0 Å². The second-order valence-corrected chi connectivity index (χ2v) is 4.88. The molecule has 3 N–H and O–H groups in total. The molecule has 110 valence electrons. The molecule has 1 amide bonds. The number of hydrogen-bond donors (Lipinski definition) is 2. The maximum Gasteiger partial charge on any atom is 0.258 e. The van der Waals surface area contributed by atoms with Crippen molar-refractivity contribution in [2.45, 2.75) is 13.0 Å². The second-order valence-electron chi connectivity index (χ2n) is 4.88. The van der Waals surface area contributed by atoms with Crippen molar-refractivity contribution in [2.75, 3.05) is 13.2 Å². The van der Waals surface area contributed by atoms with Gasteiger partial charge in [0, 0.05) is 23.5 Å². The molecule has 21 heavy (non-hydrogen) atoms. The van der Waals surface area contributed by atoms with Crippen LogP contribution in [0.4, 0.5) is 0 Å². The average Bonchev–Trinajstić information content (AvgIpc) is 2.50. The normalized spacial score (nSPS) is 11.9. The molecular weight excluding hydrogens is 264 g/mol. The number of amides is 1. The molecule has 0 aliphatic heterocycles. The van der Waals surface area contributed by atoms with Crippen molar-refractivity contribution >= 4 is 16.7 Å². The van der Waals surface area contributed by atoms with Gasteiger partial charge in [-0.1, -0.05) is 42.5 Å². The molecule has 0 saturated carbocycles. The van der Waals surface area contributed by atoms with Gasteiger partial charge in [-0.3, -0.25) is 4.79 Å². The zero-order valence-electron chi connectivity index (χ0n) is 12.1. The second kappa shape index (κ2) is 6.90. The van der Waals surface area contributed by atoms with Gasteiger partial charge in [-0.2, -0.15) is 0 Å². The Kier molecular flexibility index (Phi) is 4.95. The number of carbonyl (C=O) groups is 1. The summed E-state index contributed by atoms with van der Waals surface area (Å²) in [6.45, 7) is 5.84. The van der Waals surface area contributed by atoms with E-state index in [1.807, 2.05) is 43.3 Å². The Labute approximate surface area is 124 Å². The lowest BCUT2D eigenvalue weighted by atomic mass is 10.0. The number of ether oxygens (including phenoxy) is 1. The highest BCUT2D eigenvalue weighted by atomic mass is 16.5. The molecule has 0 bridgehead atoms. The summed E-state index contributed by atoms with van der Waals surface area (Å²) in [4.78, 5) is 11.7. The van der Waals surface area contributed by atoms with Gasteiger partial charge < -0.3 is 15.8 Å². The molecule has 0 fully saturated rings. The molecule has 0 spiro atoms. The smallest absolute Gasteiger partial charge is 0.258 e. The monoisotopic (exact) mass is 284 g/mol. The van der Waals surface area contributed by atoms with Crippen LogP contribution in [0.3, 0.4) is 0 Å². The Bertz CT molecular complexity index is 650. The van der Waals surface area contributed by atoms with Gasteiger partial charge in [0.15, 0.2) is 6.61 Å². The van der Waals surface area contributed by atoms with E-state index in [9.17, 15) is 4.79 Å². The Balaban J connectivity index is 2.29. The maximum atomic E-state index is 11.7. The largest absolute Gasteiger partial charge is 0.483 e. The minimum Gasteiger partial charge on any atom is -0.483 e. The standard InChI is InChI=1S/C17H20N2O2/c1-3-10-19-16(20)11-21-17-14(12(2)18)9-8-13-6-4-5-7-15(13)17/h3-9,12H,1,10-11,18H2,2H3,(H,19,20)/t12-/m1/s1. The molecule has 0 aliphatic carbocycles. The molecule has 2 aromatic carbocycles. The average molecular weight is 284 g/mol. The third kappa shape index (κ3) is 3.61. The molecule has 2 rings (SSSR count). The molecular formula is C17H20N2O2. The zero-order valence-corrected chi connectivity index (χ0v) is 12.1. The summed E-state index contributed by atoms with van der Waals surface area (Å²) in [6, 6.07) is 11.7. The predicted octanol–water partition coefficient (Wildman–Crippen LogP) is 2.54. The summed E-state index contributed by atoms with van der Waals surface area (Å²) < 4.78 is 5.74. The highest BCUT2D eigenvalue weighted by Crippen LogP contribution is 2.32. The van der Waals surface area contributed by atoms with Crippen LogP contribution in [0.15, 0.2) is 49.1 Å². The van der Waals surface area contributed by atoms with Crippen LogP contribution in [0.5, 0.6) is 5.75 Å². The highest BCUT2D eigenvalue weighted by molar-refractivity contribution is 5.90. The number of carbonyl (C=O) groups excluding carboxylic acids is 1. The van der Waals surface area contributed by atoms with Crippen molar-refractivity contribution in [3.05, 3.63) is 54.6 Å². The topological polar surface area (TPSA) is 64.3 Å². The Morgan fingerprint density at radius 3 is 2.86 bits per heavy atom. The SMILES string of the molecule is C=CCNC(=O)COc1c([C@@H](C)N)ccc2ccccc12. The number of nitrogens with one attached hydrogen (secondary N) is 1. The molecule has 4 nitrogen and oxygen atoms in total. The van der Waals surface area contributed by atoms with Gasteiger partial charge in [-0.15, -0.1) is 6.58 Å². The van der Waals surface area contributed by atoms with Gasteiger partial charge in [0.05, 0.1) is 0 Å². The minimum atomic E-state index is -0.182. The summed E-state index contributed by atoms with van der Waals surface area (Å²) in [5, 5.41) is 4.71. The first-order valence-electron chi connectivity index (χ1n) is 6.91. The van der Waals surface area contributed by atoms with Crippen LogP contribution in [0, 0.1) is 0 Å². The molecule has 4 heteroatoms. The fraction of sp³-hybridized carbons (Fsp3) is 0.235. The molecule has 0 saturated heterocycles. The van der Waals surface area contributed by atoms with E-state index < -0.39 is 0 Å². The van der Waals surface area contributed by atoms with E-state index in [2.05, 4.69) is 11.9 Å². The Hall–Kier alpha value is -2.33. The Morgan fingerprint density at radius 2 is 2.14 bits per heavy atom. The van der Waals surface area contributed by atoms with Crippen LogP contribution >= 0.6 is 0 Å². The van der Waals surface area contributed by atoms with Crippen LogP contribution < -0.4 is 15.8 Å². The van der Waals surface area contributed by atoms with Crippen LogP contribution in [0.2, 0.25) is 0 Å². The van der Waals surface area contributed by atoms with Crippen LogP contribution in [-0.4, -0.2) is 19.1 Å². The number of fused-ring (bicyclic) bond motifs is 1. The van der Waals surface area contributed by atoms with E-state index in [1.54, 1.807) is 6.08 Å². The minimum absolute atomic E-state index is 0.0401. The number of rotatable bonds is 6. The number of hydrogen-bond acceptors (Lipinski definition) is 3. The van der Waals surface area contributed by atoms with E-state index in [-0.39, 0.29) is 18.6 Å². The van der Waals surface area contributed by atoms with E-state index in [0.29, 0.717) is 12.3 Å². The zero-order chi connectivity index (χ0) is 15.2. The van der Waals surface area contributed by atoms with Gasteiger partial charge >= 0.3 is 0 Å². The summed E-state index contributed by atoms with van der Waals surface area (Å²) in [5.41, 5.74) is 6.89. The summed E-state index contributed by atoms with van der Waals surface area (Å²) in [7, 11) is 0. The fourth-order valence-electron chi connectivity index (χ4n) is 2.15. The van der Waals surface area contributed by atoms with Crippen LogP contribution in [0.25, 0.3) is 10.8 Å². The first kappa shape index (κ1) is 15.1.